The van der Waals surface area contributed by atoms with Crippen LogP contribution in [0.1, 0.15) is 59.9 Å². The first-order valence-corrected chi connectivity index (χ1v) is 10.5. The third-order valence-corrected chi connectivity index (χ3v) is 6.21. The maximum atomic E-state index is 13.5. The highest BCUT2D eigenvalue weighted by Gasteiger charge is 2.61. The largest absolute Gasteiger partial charge is 0.423 e. The molecule has 1 atom stereocenters. The van der Waals surface area contributed by atoms with Crippen LogP contribution in [0.5, 0.6) is 5.75 Å². The molecule has 0 saturated heterocycles. The van der Waals surface area contributed by atoms with Gasteiger partial charge in [0.25, 0.3) is 0 Å². The first-order chi connectivity index (χ1) is 14.6. The first kappa shape index (κ1) is 25.9. The topological polar surface area (TPSA) is 55.8 Å². The van der Waals surface area contributed by atoms with E-state index in [0.29, 0.717) is 24.2 Å². The van der Waals surface area contributed by atoms with E-state index < -0.39 is 28.9 Å². The lowest BCUT2D eigenvalue weighted by Gasteiger charge is -2.47. The van der Waals surface area contributed by atoms with Gasteiger partial charge in [-0.15, -0.1) is 0 Å². The molecule has 0 bridgehead atoms. The Morgan fingerprint density at radius 1 is 1.00 bits per heavy atom. The minimum Gasteiger partial charge on any atom is -0.423 e. The monoisotopic (exact) mass is 452 g/mol. The van der Waals surface area contributed by atoms with Crippen LogP contribution in [0.2, 0.25) is 0 Å². The van der Waals surface area contributed by atoms with Gasteiger partial charge in [-0.3, -0.25) is 0 Å². The number of carbonyl (C=O) groups excluding carboxylic acids is 1. The molecule has 2 aromatic carbocycles. The molecule has 7 heteroatoms. The van der Waals surface area contributed by atoms with Crippen LogP contribution in [0.25, 0.3) is 10.8 Å². The van der Waals surface area contributed by atoms with Gasteiger partial charge < -0.3 is 14.6 Å². The van der Waals surface area contributed by atoms with Gasteiger partial charge in [0.15, 0.2) is 5.60 Å². The van der Waals surface area contributed by atoms with Crippen molar-refractivity contribution in [3.8, 4) is 5.75 Å². The van der Waals surface area contributed by atoms with E-state index in [-0.39, 0.29) is 5.57 Å². The molecule has 0 saturated carbocycles. The van der Waals surface area contributed by atoms with Crippen molar-refractivity contribution >= 4 is 16.7 Å². The fourth-order valence-electron chi connectivity index (χ4n) is 3.56. The predicted octanol–water partition coefficient (Wildman–Crippen LogP) is 6.45. The van der Waals surface area contributed by atoms with Crippen LogP contribution < -0.4 is 4.74 Å². The van der Waals surface area contributed by atoms with E-state index >= 15 is 0 Å². The molecule has 0 aliphatic rings. The normalized spacial score (nSPS) is 14.8. The maximum Gasteiger partial charge on any atom is 0.419 e. The van der Waals surface area contributed by atoms with Crippen LogP contribution in [0.3, 0.4) is 0 Å². The molecule has 176 valence electrons. The summed E-state index contributed by atoms with van der Waals surface area (Å²) >= 11 is 0. The highest BCUT2D eigenvalue weighted by atomic mass is 19.4. The number of esters is 1. The Labute approximate surface area is 187 Å². The summed E-state index contributed by atoms with van der Waals surface area (Å²) in [5, 5.41) is 11.9. The van der Waals surface area contributed by atoms with Crippen LogP contribution in [0.4, 0.5) is 13.2 Å². The minimum absolute atomic E-state index is 0.283. The summed E-state index contributed by atoms with van der Waals surface area (Å²) < 4.78 is 52.0. The summed E-state index contributed by atoms with van der Waals surface area (Å²) in [7, 11) is 0. The lowest BCUT2D eigenvalue weighted by molar-refractivity contribution is -0.332. The number of halogens is 3. The maximum absolute atomic E-state index is 13.5. The molecular formula is C25H31F3O4. The van der Waals surface area contributed by atoms with Crippen molar-refractivity contribution in [2.24, 2.45) is 0 Å². The van der Waals surface area contributed by atoms with Gasteiger partial charge in [-0.1, -0.05) is 38.6 Å². The molecule has 0 heterocycles. The van der Waals surface area contributed by atoms with Gasteiger partial charge in [-0.05, 0) is 75.1 Å². The predicted molar refractivity (Wildman–Crippen MR) is 118 cm³/mol. The van der Waals surface area contributed by atoms with Gasteiger partial charge in [0.05, 0.1) is 5.60 Å². The van der Waals surface area contributed by atoms with Crippen molar-refractivity contribution in [3.05, 3.63) is 54.1 Å². The van der Waals surface area contributed by atoms with E-state index in [2.05, 4.69) is 6.58 Å². The Morgan fingerprint density at radius 3 is 2.03 bits per heavy atom. The zero-order valence-electron chi connectivity index (χ0n) is 19.4. The Bertz CT molecular complexity index is 1000. The zero-order valence-corrected chi connectivity index (χ0v) is 19.4. The lowest BCUT2D eigenvalue weighted by atomic mass is 9.82. The second kappa shape index (κ2) is 8.87. The van der Waals surface area contributed by atoms with Gasteiger partial charge >= 0.3 is 12.1 Å². The molecular weight excluding hydrogens is 421 g/mol. The van der Waals surface area contributed by atoms with Gasteiger partial charge in [0, 0.05) is 5.57 Å². The zero-order chi connectivity index (χ0) is 24.5. The van der Waals surface area contributed by atoms with Gasteiger partial charge in [-0.25, -0.2) is 4.79 Å². The van der Waals surface area contributed by atoms with Crippen LogP contribution in [-0.2, 0) is 15.1 Å². The molecule has 2 aromatic rings. The van der Waals surface area contributed by atoms with E-state index in [4.69, 9.17) is 9.47 Å². The molecule has 0 fully saturated rings. The molecule has 4 nitrogen and oxygen atoms in total. The summed E-state index contributed by atoms with van der Waals surface area (Å²) in [5.41, 5.74) is -5.02. The molecule has 0 aliphatic heterocycles. The fourth-order valence-corrected chi connectivity index (χ4v) is 3.56. The standard InChI is InChI=1S/C25H31F3O4/c1-8-24(9-2,32-22(5,6)23(7,30)25(26,27)28)19-12-10-18-15-20(13-11-17(18)14-19)31-21(29)16(3)4/h10-15,30H,3,8-9H2,1-2,4-7H3. The average molecular weight is 453 g/mol. The highest BCUT2D eigenvalue weighted by molar-refractivity contribution is 5.90. The van der Waals surface area contributed by atoms with E-state index in [1.807, 2.05) is 19.9 Å². The molecule has 0 spiro atoms. The molecule has 1 unspecified atom stereocenters. The van der Waals surface area contributed by atoms with E-state index in [9.17, 15) is 23.1 Å². The number of fused-ring (bicyclic) bond motifs is 1. The van der Waals surface area contributed by atoms with E-state index in [1.165, 1.54) is 13.8 Å². The summed E-state index contributed by atoms with van der Waals surface area (Å²) in [5.74, 6) is -0.154. The van der Waals surface area contributed by atoms with E-state index in [1.54, 1.807) is 37.3 Å². The number of hydrogen-bond acceptors (Lipinski definition) is 4. The molecule has 0 radical (unpaired) electrons. The third-order valence-electron chi connectivity index (χ3n) is 6.21. The van der Waals surface area contributed by atoms with Crippen molar-refractivity contribution in [1.29, 1.82) is 0 Å². The average Bonchev–Trinajstić information content (AvgIpc) is 2.70. The molecule has 1 N–H and O–H groups in total. The third kappa shape index (κ3) is 4.84. The van der Waals surface area contributed by atoms with Crippen molar-refractivity contribution < 1.29 is 32.5 Å². The van der Waals surface area contributed by atoms with Crippen LogP contribution in [0.15, 0.2) is 48.6 Å². The first-order valence-electron chi connectivity index (χ1n) is 10.5. The van der Waals surface area contributed by atoms with Gasteiger partial charge in [-0.2, -0.15) is 13.2 Å². The van der Waals surface area contributed by atoms with Crippen LogP contribution in [0, 0.1) is 0 Å². The lowest BCUT2D eigenvalue weighted by Crippen LogP contribution is -2.61. The minimum atomic E-state index is -4.86. The summed E-state index contributed by atoms with van der Waals surface area (Å²) in [6.07, 6.45) is -4.05. The van der Waals surface area contributed by atoms with E-state index in [0.717, 1.165) is 17.7 Å². The number of alkyl halides is 3. The summed E-state index contributed by atoms with van der Waals surface area (Å²) in [6, 6.07) is 10.6. The van der Waals surface area contributed by atoms with Crippen molar-refractivity contribution in [2.45, 2.75) is 77.4 Å². The van der Waals surface area contributed by atoms with Gasteiger partial charge in [0.1, 0.15) is 11.4 Å². The Kier molecular flexibility index (Phi) is 7.17. The molecule has 32 heavy (non-hydrogen) atoms. The Balaban J connectivity index is 2.47. The number of hydrogen-bond donors (Lipinski definition) is 1. The number of ether oxygens (including phenoxy) is 2. The van der Waals surface area contributed by atoms with Gasteiger partial charge in [0.2, 0.25) is 0 Å². The highest BCUT2D eigenvalue weighted by Crippen LogP contribution is 2.46. The van der Waals surface area contributed by atoms with Crippen molar-refractivity contribution in [2.75, 3.05) is 0 Å². The second-order valence-electron chi connectivity index (χ2n) is 8.78. The quantitative estimate of drug-likeness (QED) is 0.284. The Hall–Kier alpha value is -2.38. The molecule has 0 amide bonds. The number of carbonyl (C=O) groups is 1. The van der Waals surface area contributed by atoms with Crippen molar-refractivity contribution in [3.63, 3.8) is 0 Å². The molecule has 0 aromatic heterocycles. The number of aliphatic hydroxyl groups is 1. The number of rotatable bonds is 8. The van der Waals surface area contributed by atoms with Crippen LogP contribution >= 0.6 is 0 Å². The van der Waals surface area contributed by atoms with Crippen LogP contribution in [-0.4, -0.2) is 28.5 Å². The molecule has 2 rings (SSSR count). The van der Waals surface area contributed by atoms with Crippen molar-refractivity contribution in [1.82, 2.24) is 0 Å². The number of benzene rings is 2. The fraction of sp³-hybridized carbons (Fsp3) is 0.480. The Morgan fingerprint density at radius 2 is 1.53 bits per heavy atom. The summed E-state index contributed by atoms with van der Waals surface area (Å²) in [6.45, 7) is 12.0. The second-order valence-corrected chi connectivity index (χ2v) is 8.78. The summed E-state index contributed by atoms with van der Waals surface area (Å²) in [4.78, 5) is 11.8. The smallest absolute Gasteiger partial charge is 0.419 e. The SMILES string of the molecule is C=C(C)C(=O)Oc1ccc2cc(C(CC)(CC)OC(C)(C)C(C)(O)C(F)(F)F)ccc2c1. The molecule has 0 aliphatic carbocycles.